The van der Waals surface area contributed by atoms with Crippen molar-refractivity contribution in [2.24, 2.45) is 4.99 Å². The number of para-hydroxylation sites is 1. The summed E-state index contributed by atoms with van der Waals surface area (Å²) in [5.41, 5.74) is 1.41. The van der Waals surface area contributed by atoms with Gasteiger partial charge < -0.3 is 24.1 Å². The molecule has 1 aliphatic heterocycles. The van der Waals surface area contributed by atoms with Gasteiger partial charge in [0.25, 0.3) is 0 Å². The summed E-state index contributed by atoms with van der Waals surface area (Å²) in [7, 11) is 1.52. The van der Waals surface area contributed by atoms with E-state index in [0.717, 1.165) is 0 Å². The van der Waals surface area contributed by atoms with E-state index in [2.05, 4.69) is 4.99 Å². The van der Waals surface area contributed by atoms with Gasteiger partial charge >= 0.3 is 5.97 Å². The van der Waals surface area contributed by atoms with Crippen molar-refractivity contribution in [3.8, 4) is 11.5 Å². The van der Waals surface area contributed by atoms with E-state index in [0.29, 0.717) is 22.6 Å². The van der Waals surface area contributed by atoms with Crippen LogP contribution in [-0.2, 0) is 14.3 Å². The second-order valence-electron chi connectivity index (χ2n) is 5.27. The van der Waals surface area contributed by atoms with E-state index in [9.17, 15) is 14.7 Å². The third-order valence-corrected chi connectivity index (χ3v) is 3.50. The lowest BCUT2D eigenvalue weighted by Crippen LogP contribution is -2.28. The number of hydrogen-bond donors (Lipinski definition) is 0. The maximum absolute atomic E-state index is 12.1. The molecule has 0 N–H and O–H groups in total. The molecule has 0 bridgehead atoms. The number of nitrogens with zero attached hydrogens (tertiary/aromatic N) is 1. The molecular formula is C19H14NO6-. The molecule has 0 unspecified atom stereocenters. The number of rotatable bonds is 6. The average molecular weight is 352 g/mol. The number of carboxylic acid groups (broad SMARTS) is 1. The lowest BCUT2D eigenvalue weighted by molar-refractivity contribution is -0.307. The Hall–Kier alpha value is -3.61. The molecule has 26 heavy (non-hydrogen) atoms. The van der Waals surface area contributed by atoms with E-state index in [1.807, 2.05) is 0 Å². The van der Waals surface area contributed by atoms with Crippen LogP contribution >= 0.6 is 0 Å². The van der Waals surface area contributed by atoms with Gasteiger partial charge in [0.05, 0.1) is 18.6 Å². The minimum atomic E-state index is -1.30. The van der Waals surface area contributed by atoms with E-state index < -0.39 is 18.5 Å². The second-order valence-corrected chi connectivity index (χ2v) is 5.27. The molecular weight excluding hydrogens is 338 g/mol. The Kier molecular flexibility index (Phi) is 4.98. The van der Waals surface area contributed by atoms with Crippen molar-refractivity contribution in [3.05, 3.63) is 65.4 Å². The fourth-order valence-electron chi connectivity index (χ4n) is 2.31. The highest BCUT2D eigenvalue weighted by molar-refractivity contribution is 6.13. The fourth-order valence-corrected chi connectivity index (χ4v) is 2.31. The first-order valence-electron chi connectivity index (χ1n) is 7.65. The van der Waals surface area contributed by atoms with Gasteiger partial charge in [-0.2, -0.15) is 0 Å². The van der Waals surface area contributed by atoms with Crippen molar-refractivity contribution >= 4 is 23.9 Å². The molecule has 0 saturated carbocycles. The van der Waals surface area contributed by atoms with Gasteiger partial charge in [-0.1, -0.05) is 24.3 Å². The van der Waals surface area contributed by atoms with Crippen LogP contribution in [0.1, 0.15) is 11.1 Å². The van der Waals surface area contributed by atoms with Crippen molar-refractivity contribution < 1.29 is 28.9 Å². The summed E-state index contributed by atoms with van der Waals surface area (Å²) in [5.74, 6) is -0.766. The Morgan fingerprint density at radius 1 is 1.19 bits per heavy atom. The third kappa shape index (κ3) is 3.89. The summed E-state index contributed by atoms with van der Waals surface area (Å²) in [5, 5.41) is 10.4. The number of carbonyl (C=O) groups is 2. The minimum absolute atomic E-state index is 0.148. The fraction of sp³-hybridized carbons (Fsp3) is 0.105. The molecule has 0 aliphatic carbocycles. The Morgan fingerprint density at radius 2 is 1.92 bits per heavy atom. The number of carboxylic acids is 1. The van der Waals surface area contributed by atoms with E-state index in [1.165, 1.54) is 7.11 Å². The highest BCUT2D eigenvalue weighted by atomic mass is 16.6. The van der Waals surface area contributed by atoms with E-state index in [4.69, 9.17) is 14.2 Å². The summed E-state index contributed by atoms with van der Waals surface area (Å²) >= 11 is 0. The zero-order valence-electron chi connectivity index (χ0n) is 13.8. The molecule has 0 aromatic heterocycles. The predicted molar refractivity (Wildman–Crippen MR) is 90.5 cm³/mol. The molecule has 7 heteroatoms. The van der Waals surface area contributed by atoms with Gasteiger partial charge in [-0.05, 0) is 35.9 Å². The lowest BCUT2D eigenvalue weighted by atomic mass is 10.2. The summed E-state index contributed by atoms with van der Waals surface area (Å²) < 4.78 is 15.5. The summed E-state index contributed by atoms with van der Waals surface area (Å²) in [6, 6.07) is 13.6. The predicted octanol–water partition coefficient (Wildman–Crippen LogP) is 1.17. The highest BCUT2D eigenvalue weighted by Gasteiger charge is 2.26. The van der Waals surface area contributed by atoms with Gasteiger partial charge in [-0.3, -0.25) is 0 Å². The van der Waals surface area contributed by atoms with E-state index in [-0.39, 0.29) is 11.6 Å². The SMILES string of the molecule is COc1ccccc1C1=N/C(=C\c2ccc(OCC(=O)[O-])cc2)C(=O)O1. The molecule has 0 atom stereocenters. The summed E-state index contributed by atoms with van der Waals surface area (Å²) in [6.07, 6.45) is 1.56. The number of benzene rings is 2. The number of aliphatic carboxylic acids is 1. The second kappa shape index (κ2) is 7.52. The molecule has 2 aromatic carbocycles. The molecule has 7 nitrogen and oxygen atoms in total. The van der Waals surface area contributed by atoms with Gasteiger partial charge in [0.15, 0.2) is 5.70 Å². The first-order valence-corrected chi connectivity index (χ1v) is 7.65. The van der Waals surface area contributed by atoms with Crippen molar-refractivity contribution in [1.29, 1.82) is 0 Å². The Bertz CT molecular complexity index is 899. The lowest BCUT2D eigenvalue weighted by Gasteiger charge is -2.06. The summed E-state index contributed by atoms with van der Waals surface area (Å²) in [4.78, 5) is 26.7. The molecule has 0 spiro atoms. The Balaban J connectivity index is 1.81. The molecule has 1 heterocycles. The zero-order chi connectivity index (χ0) is 18.5. The van der Waals surface area contributed by atoms with Gasteiger partial charge in [-0.15, -0.1) is 0 Å². The summed E-state index contributed by atoms with van der Waals surface area (Å²) in [6.45, 7) is -0.528. The molecule has 2 aromatic rings. The van der Waals surface area contributed by atoms with Crippen molar-refractivity contribution in [2.45, 2.75) is 0 Å². The Labute approximate surface area is 149 Å². The number of esters is 1. The number of aliphatic imine (C=N–C) groups is 1. The van der Waals surface area contributed by atoms with Crippen LogP contribution in [-0.4, -0.2) is 31.6 Å². The van der Waals surface area contributed by atoms with Gasteiger partial charge in [0.1, 0.15) is 18.1 Å². The number of ether oxygens (including phenoxy) is 3. The van der Waals surface area contributed by atoms with Crippen LogP contribution in [0.2, 0.25) is 0 Å². The smallest absolute Gasteiger partial charge is 0.363 e. The van der Waals surface area contributed by atoms with Gasteiger partial charge in [-0.25, -0.2) is 9.79 Å². The van der Waals surface area contributed by atoms with Crippen LogP contribution < -0.4 is 14.6 Å². The minimum Gasteiger partial charge on any atom is -0.546 e. The van der Waals surface area contributed by atoms with Crippen LogP contribution in [0.3, 0.4) is 0 Å². The average Bonchev–Trinajstić information content (AvgIpc) is 3.01. The van der Waals surface area contributed by atoms with E-state index >= 15 is 0 Å². The normalized spacial score (nSPS) is 14.7. The topological polar surface area (TPSA) is 97.3 Å². The first-order chi connectivity index (χ1) is 12.6. The first kappa shape index (κ1) is 17.2. The molecule has 0 saturated heterocycles. The highest BCUT2D eigenvalue weighted by Crippen LogP contribution is 2.25. The maximum Gasteiger partial charge on any atom is 0.363 e. The molecule has 0 radical (unpaired) electrons. The number of carbonyl (C=O) groups excluding carboxylic acids is 2. The maximum atomic E-state index is 12.1. The molecule has 1 aliphatic rings. The van der Waals surface area contributed by atoms with Crippen LogP contribution in [0.25, 0.3) is 6.08 Å². The van der Waals surface area contributed by atoms with Gasteiger partial charge in [0.2, 0.25) is 5.90 Å². The zero-order valence-corrected chi connectivity index (χ0v) is 13.8. The quantitative estimate of drug-likeness (QED) is 0.572. The van der Waals surface area contributed by atoms with Crippen molar-refractivity contribution in [1.82, 2.24) is 0 Å². The molecule has 3 rings (SSSR count). The molecule has 0 amide bonds. The van der Waals surface area contributed by atoms with Crippen molar-refractivity contribution in [2.75, 3.05) is 13.7 Å². The largest absolute Gasteiger partial charge is 0.546 e. The third-order valence-electron chi connectivity index (χ3n) is 3.50. The Morgan fingerprint density at radius 3 is 2.62 bits per heavy atom. The van der Waals surface area contributed by atoms with Crippen LogP contribution in [0.15, 0.2) is 59.2 Å². The molecule has 132 valence electrons. The van der Waals surface area contributed by atoms with Crippen LogP contribution in [0.5, 0.6) is 11.5 Å². The van der Waals surface area contributed by atoms with E-state index in [1.54, 1.807) is 54.6 Å². The number of methoxy groups -OCH3 is 1. The molecule has 0 fully saturated rings. The van der Waals surface area contributed by atoms with Crippen LogP contribution in [0.4, 0.5) is 0 Å². The van der Waals surface area contributed by atoms with Crippen LogP contribution in [0, 0.1) is 0 Å². The van der Waals surface area contributed by atoms with Gasteiger partial charge in [0, 0.05) is 0 Å². The standard InChI is InChI=1S/C19H15NO6/c1-24-16-5-3-2-4-14(16)18-20-15(19(23)26-18)10-12-6-8-13(9-7-12)25-11-17(21)22/h2-10H,11H2,1H3,(H,21,22)/p-1/b15-10-. The number of hydrogen-bond acceptors (Lipinski definition) is 7. The number of cyclic esters (lactones) is 1. The van der Waals surface area contributed by atoms with Crippen molar-refractivity contribution in [3.63, 3.8) is 0 Å². The monoisotopic (exact) mass is 352 g/mol.